The molecule has 0 bridgehead atoms. The van der Waals surface area contributed by atoms with Crippen LogP contribution in [0.5, 0.6) is 11.5 Å². The number of benzene rings is 3. The minimum Gasteiger partial charge on any atom is -0.497 e. The van der Waals surface area contributed by atoms with Gasteiger partial charge in [0.25, 0.3) is 15.9 Å². The van der Waals surface area contributed by atoms with E-state index >= 15 is 0 Å². The monoisotopic (exact) mass is 493 g/mol. The molecule has 1 amide bonds. The van der Waals surface area contributed by atoms with Gasteiger partial charge in [-0.2, -0.15) is 13.2 Å². The van der Waals surface area contributed by atoms with Gasteiger partial charge in [0, 0.05) is 29.3 Å². The van der Waals surface area contributed by atoms with Crippen LogP contribution in [-0.2, 0) is 10.0 Å². The number of aryl methyl sites for hydroxylation is 1. The van der Waals surface area contributed by atoms with Crippen molar-refractivity contribution in [2.24, 2.45) is 5.10 Å². The number of amides is 1. The lowest BCUT2D eigenvalue weighted by atomic mass is 10.1. The molecular formula is C25H23N3O6S. The van der Waals surface area contributed by atoms with Crippen molar-refractivity contribution in [2.45, 2.75) is 11.8 Å². The van der Waals surface area contributed by atoms with Crippen LogP contribution >= 0.6 is 0 Å². The molecule has 0 spiro atoms. The number of carbonyl (C=O) groups excluding carboxylic acids is 1. The lowest BCUT2D eigenvalue weighted by Crippen LogP contribution is -2.27. The Kier molecular flexibility index (Phi) is 6.74. The second kappa shape index (κ2) is 9.90. The highest BCUT2D eigenvalue weighted by Crippen LogP contribution is 2.26. The Morgan fingerprint density at radius 1 is 0.914 bits per heavy atom. The molecule has 1 aromatic heterocycles. The van der Waals surface area contributed by atoms with E-state index in [2.05, 4.69) is 15.2 Å². The third-order valence-corrected chi connectivity index (χ3v) is 6.33. The van der Waals surface area contributed by atoms with E-state index in [0.717, 1.165) is 5.56 Å². The van der Waals surface area contributed by atoms with Crippen molar-refractivity contribution in [3.63, 3.8) is 0 Å². The molecule has 0 saturated carbocycles. The minimum absolute atomic E-state index is 0.0251. The maximum atomic E-state index is 13.2. The normalized spacial score (nSPS) is 11.8. The van der Waals surface area contributed by atoms with Crippen LogP contribution in [0.1, 0.15) is 15.9 Å². The zero-order valence-electron chi connectivity index (χ0n) is 19.2. The maximum Gasteiger partial charge on any atom is 0.276 e. The number of methoxy groups -OCH3 is 2. The van der Waals surface area contributed by atoms with Gasteiger partial charge in [-0.25, -0.2) is 0 Å². The van der Waals surface area contributed by atoms with Crippen molar-refractivity contribution in [1.29, 1.82) is 0 Å². The van der Waals surface area contributed by atoms with Crippen molar-refractivity contribution >= 4 is 32.6 Å². The van der Waals surface area contributed by atoms with Crippen molar-refractivity contribution in [3.05, 3.63) is 89.5 Å². The van der Waals surface area contributed by atoms with Crippen molar-refractivity contribution in [1.82, 2.24) is 4.83 Å². The van der Waals surface area contributed by atoms with Gasteiger partial charge in [-0.3, -0.25) is 4.79 Å². The van der Waals surface area contributed by atoms with Crippen LogP contribution < -0.4 is 25.2 Å². The molecule has 4 aromatic rings. The second-order valence-corrected chi connectivity index (χ2v) is 9.24. The average Bonchev–Trinajstić information content (AvgIpc) is 2.86. The van der Waals surface area contributed by atoms with Crippen LogP contribution in [-0.4, -0.2) is 28.5 Å². The van der Waals surface area contributed by atoms with Crippen LogP contribution in [0, 0.1) is 6.92 Å². The Morgan fingerprint density at radius 3 is 2.23 bits per heavy atom. The summed E-state index contributed by atoms with van der Waals surface area (Å²) in [5, 5.41) is 7.33. The molecule has 4 rings (SSSR count). The molecule has 0 unspecified atom stereocenters. The van der Waals surface area contributed by atoms with Crippen LogP contribution in [0.25, 0.3) is 11.0 Å². The molecule has 0 fully saturated rings. The molecule has 0 saturated heterocycles. The first-order chi connectivity index (χ1) is 16.8. The van der Waals surface area contributed by atoms with Crippen molar-refractivity contribution < 1.29 is 27.1 Å². The Balaban J connectivity index is 1.75. The summed E-state index contributed by atoms with van der Waals surface area (Å²) < 4.78 is 41.7. The fraction of sp³-hybridized carbons (Fsp3) is 0.120. The number of hydrogen-bond donors (Lipinski definition) is 2. The predicted molar refractivity (Wildman–Crippen MR) is 131 cm³/mol. The fourth-order valence-corrected chi connectivity index (χ4v) is 4.07. The first kappa shape index (κ1) is 23.8. The van der Waals surface area contributed by atoms with Crippen molar-refractivity contribution in [3.8, 4) is 11.5 Å². The molecule has 0 radical (unpaired) electrons. The highest BCUT2D eigenvalue weighted by Gasteiger charge is 2.17. The topological polar surface area (TPSA) is 119 Å². The summed E-state index contributed by atoms with van der Waals surface area (Å²) >= 11 is 0. The number of hydrogen-bond acceptors (Lipinski definition) is 7. The highest BCUT2D eigenvalue weighted by molar-refractivity contribution is 7.89. The van der Waals surface area contributed by atoms with Crippen LogP contribution in [0.3, 0.4) is 0 Å². The summed E-state index contributed by atoms with van der Waals surface area (Å²) in [5.41, 5.74) is 1.58. The number of carbonyl (C=O) groups is 1. The van der Waals surface area contributed by atoms with Gasteiger partial charge >= 0.3 is 0 Å². The fourth-order valence-electron chi connectivity index (χ4n) is 3.26. The summed E-state index contributed by atoms with van der Waals surface area (Å²) in [4.78, 5) is 15.4. The van der Waals surface area contributed by atoms with E-state index in [1.54, 1.807) is 60.7 Å². The lowest BCUT2D eigenvalue weighted by Gasteiger charge is -2.10. The maximum absolute atomic E-state index is 13.2. The van der Waals surface area contributed by atoms with Crippen LogP contribution in [0.15, 0.2) is 87.2 Å². The Morgan fingerprint density at radius 2 is 1.57 bits per heavy atom. The number of nitrogens with zero attached hydrogens (tertiary/aromatic N) is 1. The van der Waals surface area contributed by atoms with E-state index in [4.69, 9.17) is 13.9 Å². The zero-order chi connectivity index (χ0) is 25.0. The Hall–Kier alpha value is -4.31. The van der Waals surface area contributed by atoms with Gasteiger partial charge in [0.15, 0.2) is 0 Å². The van der Waals surface area contributed by atoms with Gasteiger partial charge in [0.05, 0.1) is 19.1 Å². The summed E-state index contributed by atoms with van der Waals surface area (Å²) in [5.74, 6) is 0.403. The number of nitrogens with one attached hydrogen (secondary N) is 2. The molecule has 0 atom stereocenters. The van der Waals surface area contributed by atoms with Gasteiger partial charge in [-0.1, -0.05) is 35.9 Å². The van der Waals surface area contributed by atoms with E-state index in [9.17, 15) is 13.2 Å². The van der Waals surface area contributed by atoms with E-state index in [0.29, 0.717) is 28.2 Å². The van der Waals surface area contributed by atoms with E-state index < -0.39 is 15.9 Å². The van der Waals surface area contributed by atoms with Crippen LogP contribution in [0.4, 0.5) is 5.69 Å². The molecule has 2 N–H and O–H groups in total. The quantitative estimate of drug-likeness (QED) is 0.378. The molecule has 9 nitrogen and oxygen atoms in total. The van der Waals surface area contributed by atoms with Gasteiger partial charge < -0.3 is 19.2 Å². The SMILES string of the molecule is COc1cc(NC(=O)c2cc3ccccc3o/c2=N/NS(=O)(=O)c2ccc(C)cc2)cc(OC)c1. The molecule has 180 valence electrons. The third-order valence-electron chi connectivity index (χ3n) is 5.11. The molecule has 35 heavy (non-hydrogen) atoms. The standard InChI is InChI=1S/C25H23N3O6S/c1-16-8-10-21(11-9-16)35(30,31)28-27-25-22(12-17-6-4-5-7-23(17)34-25)24(29)26-18-13-19(32-2)15-20(14-18)33-3/h4-15,28H,1-3H3,(H,26,29)/b27-25+. The summed E-state index contributed by atoms with van der Waals surface area (Å²) in [6.07, 6.45) is 0. The van der Waals surface area contributed by atoms with Gasteiger partial charge in [0.1, 0.15) is 22.6 Å². The third kappa shape index (κ3) is 5.44. The van der Waals surface area contributed by atoms with Gasteiger partial charge in [0.2, 0.25) is 5.55 Å². The number of rotatable bonds is 7. The number of para-hydroxylation sites is 1. The van der Waals surface area contributed by atoms with Gasteiger partial charge in [-0.15, -0.1) is 5.10 Å². The van der Waals surface area contributed by atoms with Crippen molar-refractivity contribution in [2.75, 3.05) is 19.5 Å². The smallest absolute Gasteiger partial charge is 0.276 e. The molecule has 0 aliphatic carbocycles. The second-order valence-electron chi connectivity index (χ2n) is 7.58. The zero-order valence-corrected chi connectivity index (χ0v) is 20.0. The van der Waals surface area contributed by atoms with Gasteiger partial charge in [-0.05, 0) is 31.2 Å². The lowest BCUT2D eigenvalue weighted by molar-refractivity contribution is 0.102. The average molecular weight is 494 g/mol. The summed E-state index contributed by atoms with van der Waals surface area (Å²) in [6.45, 7) is 1.85. The number of anilines is 1. The molecule has 3 aromatic carbocycles. The largest absolute Gasteiger partial charge is 0.497 e. The molecule has 0 aliphatic heterocycles. The summed E-state index contributed by atoms with van der Waals surface area (Å²) in [7, 11) is -0.990. The summed E-state index contributed by atoms with van der Waals surface area (Å²) in [6, 6.07) is 19.8. The Labute approximate surface area is 202 Å². The van der Waals surface area contributed by atoms with E-state index in [1.165, 1.54) is 26.4 Å². The van der Waals surface area contributed by atoms with E-state index in [1.807, 2.05) is 6.92 Å². The van der Waals surface area contributed by atoms with Crippen LogP contribution in [0.2, 0.25) is 0 Å². The molecule has 10 heteroatoms. The predicted octanol–water partition coefficient (Wildman–Crippen LogP) is 3.80. The molecular weight excluding hydrogens is 470 g/mol. The first-order valence-corrected chi connectivity index (χ1v) is 12.0. The minimum atomic E-state index is -3.99. The number of fused-ring (bicyclic) bond motifs is 1. The molecule has 0 aliphatic rings. The molecule has 1 heterocycles. The highest BCUT2D eigenvalue weighted by atomic mass is 32.2. The first-order valence-electron chi connectivity index (χ1n) is 10.5. The number of sulfonamides is 1. The Bertz CT molecular complexity index is 1540. The number of ether oxygens (including phenoxy) is 2. The van der Waals surface area contributed by atoms with E-state index in [-0.39, 0.29) is 16.0 Å².